The molecule has 0 radical (unpaired) electrons. The number of hydrogen-bond donors (Lipinski definition) is 2. The lowest BCUT2D eigenvalue weighted by Crippen LogP contribution is -2.48. The number of H-pyrrole nitrogens is 1. The summed E-state index contributed by atoms with van der Waals surface area (Å²) in [4.78, 5) is 14.7. The molecule has 0 bridgehead atoms. The van der Waals surface area contributed by atoms with Crippen molar-refractivity contribution in [3.63, 3.8) is 0 Å². The smallest absolute Gasteiger partial charge is 0.255 e. The van der Waals surface area contributed by atoms with Crippen LogP contribution in [0.4, 0.5) is 0 Å². The van der Waals surface area contributed by atoms with Gasteiger partial charge >= 0.3 is 0 Å². The minimum Gasteiger partial charge on any atom is -0.489 e. The number of fused-ring (bicyclic) bond motifs is 1. The van der Waals surface area contributed by atoms with Gasteiger partial charge in [-0.25, -0.2) is 0 Å². The van der Waals surface area contributed by atoms with Crippen LogP contribution >= 0.6 is 11.6 Å². The van der Waals surface area contributed by atoms with Crippen molar-refractivity contribution in [1.29, 1.82) is 0 Å². The number of aromatic nitrogens is 1. The van der Waals surface area contributed by atoms with Crippen molar-refractivity contribution in [2.45, 2.75) is 77.4 Å². The molecule has 4 rings (SSSR count). The van der Waals surface area contributed by atoms with E-state index in [1.807, 2.05) is 12.1 Å². The van der Waals surface area contributed by atoms with Crippen molar-refractivity contribution < 1.29 is 4.74 Å². The van der Waals surface area contributed by atoms with Gasteiger partial charge in [0.05, 0.1) is 11.1 Å². The van der Waals surface area contributed by atoms with Gasteiger partial charge in [0, 0.05) is 17.6 Å². The maximum atomic E-state index is 12.0. The Labute approximate surface area is 178 Å². The van der Waals surface area contributed by atoms with E-state index < -0.39 is 0 Å². The Morgan fingerprint density at radius 2 is 2.00 bits per heavy atom. The first-order valence-corrected chi connectivity index (χ1v) is 11.6. The van der Waals surface area contributed by atoms with Crippen LogP contribution in [0.25, 0.3) is 10.8 Å². The molecule has 2 N–H and O–H groups in total. The summed E-state index contributed by atoms with van der Waals surface area (Å²) in [5.74, 6) is 1.61. The van der Waals surface area contributed by atoms with Gasteiger partial charge in [-0.1, -0.05) is 25.4 Å². The maximum Gasteiger partial charge on any atom is 0.255 e. The number of aromatic amines is 1. The predicted molar refractivity (Wildman–Crippen MR) is 120 cm³/mol. The molecule has 0 unspecified atom stereocenters. The summed E-state index contributed by atoms with van der Waals surface area (Å²) in [5.41, 5.74) is 0.259. The largest absolute Gasteiger partial charge is 0.489 e. The number of hydrogen-bond acceptors (Lipinski definition) is 3. The zero-order chi connectivity index (χ0) is 20.4. The van der Waals surface area contributed by atoms with Gasteiger partial charge in [-0.2, -0.15) is 0 Å². The molecule has 4 nitrogen and oxygen atoms in total. The molecule has 1 atom stereocenters. The molecule has 0 amide bonds. The second-order valence-corrected chi connectivity index (χ2v) is 9.43. The minimum absolute atomic E-state index is 0.120. The molecule has 2 saturated carbocycles. The molecule has 0 aliphatic heterocycles. The SMILES string of the molecule is CC[C@@H](NCC1CC1)C1(CC)CCC(Oc2cc3cc[nH]c(=O)c3cc2Cl)CC1. The molecule has 5 heteroatoms. The summed E-state index contributed by atoms with van der Waals surface area (Å²) in [7, 11) is 0. The van der Waals surface area contributed by atoms with Crippen LogP contribution in [0.5, 0.6) is 5.75 Å². The molecule has 1 heterocycles. The molecule has 2 fully saturated rings. The number of rotatable bonds is 8. The van der Waals surface area contributed by atoms with Crippen LogP contribution in [0.3, 0.4) is 0 Å². The van der Waals surface area contributed by atoms with Crippen molar-refractivity contribution in [2.75, 3.05) is 6.54 Å². The zero-order valence-electron chi connectivity index (χ0n) is 17.6. The van der Waals surface area contributed by atoms with Crippen molar-refractivity contribution in [1.82, 2.24) is 10.3 Å². The van der Waals surface area contributed by atoms with Gasteiger partial charge in [-0.3, -0.25) is 4.79 Å². The number of halogens is 1. The van der Waals surface area contributed by atoms with E-state index in [1.165, 1.54) is 45.1 Å². The van der Waals surface area contributed by atoms with E-state index in [1.54, 1.807) is 12.3 Å². The fourth-order valence-corrected chi connectivity index (χ4v) is 5.32. The van der Waals surface area contributed by atoms with Crippen LogP contribution in [-0.2, 0) is 0 Å². The summed E-state index contributed by atoms with van der Waals surface area (Å²) in [5, 5.41) is 5.88. The second kappa shape index (κ2) is 8.69. The number of benzene rings is 1. The fraction of sp³-hybridized carbons (Fsp3) is 0.625. The van der Waals surface area contributed by atoms with Gasteiger partial charge < -0.3 is 15.0 Å². The average molecular weight is 417 g/mol. The summed E-state index contributed by atoms with van der Waals surface area (Å²) in [6, 6.07) is 6.12. The van der Waals surface area contributed by atoms with E-state index >= 15 is 0 Å². The Morgan fingerprint density at radius 1 is 1.24 bits per heavy atom. The van der Waals surface area contributed by atoms with Gasteiger partial charge in [0.1, 0.15) is 5.75 Å². The topological polar surface area (TPSA) is 54.1 Å². The zero-order valence-corrected chi connectivity index (χ0v) is 18.4. The highest BCUT2D eigenvalue weighted by Gasteiger charge is 2.40. The molecule has 2 aliphatic carbocycles. The van der Waals surface area contributed by atoms with Gasteiger partial charge in [0.15, 0.2) is 0 Å². The lowest BCUT2D eigenvalue weighted by Gasteiger charge is -2.45. The molecule has 0 spiro atoms. The van der Waals surface area contributed by atoms with Crippen LogP contribution in [-0.4, -0.2) is 23.7 Å². The van der Waals surface area contributed by atoms with Crippen molar-refractivity contribution >= 4 is 22.4 Å². The molecule has 1 aromatic heterocycles. The van der Waals surface area contributed by atoms with E-state index in [0.717, 1.165) is 24.1 Å². The van der Waals surface area contributed by atoms with Crippen LogP contribution in [0, 0.1) is 11.3 Å². The predicted octanol–water partition coefficient (Wildman–Crippen LogP) is 5.68. The van der Waals surface area contributed by atoms with E-state index in [2.05, 4.69) is 24.1 Å². The molecule has 2 aliphatic rings. The summed E-state index contributed by atoms with van der Waals surface area (Å²) < 4.78 is 6.33. The molecule has 29 heavy (non-hydrogen) atoms. The van der Waals surface area contributed by atoms with Crippen LogP contribution in [0.1, 0.15) is 65.2 Å². The number of pyridine rings is 1. The van der Waals surface area contributed by atoms with Crippen molar-refractivity contribution in [3.8, 4) is 5.75 Å². The highest BCUT2D eigenvalue weighted by atomic mass is 35.5. The first-order valence-electron chi connectivity index (χ1n) is 11.3. The first kappa shape index (κ1) is 20.7. The third-order valence-electron chi connectivity index (χ3n) is 7.25. The van der Waals surface area contributed by atoms with Crippen LogP contribution in [0.2, 0.25) is 5.02 Å². The Hall–Kier alpha value is -1.52. The highest BCUT2D eigenvalue weighted by Crippen LogP contribution is 2.45. The monoisotopic (exact) mass is 416 g/mol. The fourth-order valence-electron chi connectivity index (χ4n) is 5.12. The third-order valence-corrected chi connectivity index (χ3v) is 7.54. The van der Waals surface area contributed by atoms with Crippen LogP contribution in [0.15, 0.2) is 29.2 Å². The summed E-state index contributed by atoms with van der Waals surface area (Å²) in [6.07, 6.45) is 11.5. The van der Waals surface area contributed by atoms with Gasteiger partial charge in [-0.15, -0.1) is 0 Å². The quantitative estimate of drug-likeness (QED) is 0.582. The van der Waals surface area contributed by atoms with E-state index in [9.17, 15) is 4.79 Å². The summed E-state index contributed by atoms with van der Waals surface area (Å²) in [6.45, 7) is 5.85. The Bertz CT molecular complexity index is 897. The normalized spacial score (nSPS) is 25.8. The lowest BCUT2D eigenvalue weighted by molar-refractivity contribution is 0.0459. The van der Waals surface area contributed by atoms with E-state index in [0.29, 0.717) is 27.6 Å². The Morgan fingerprint density at radius 3 is 2.66 bits per heavy atom. The minimum atomic E-state index is -0.120. The molecular weight excluding hydrogens is 384 g/mol. The molecular formula is C24H33ClN2O2. The molecule has 0 saturated heterocycles. The molecule has 158 valence electrons. The van der Waals surface area contributed by atoms with Crippen molar-refractivity contribution in [2.24, 2.45) is 11.3 Å². The Balaban J connectivity index is 1.43. The van der Waals surface area contributed by atoms with Crippen LogP contribution < -0.4 is 15.6 Å². The van der Waals surface area contributed by atoms with E-state index in [-0.39, 0.29) is 11.7 Å². The van der Waals surface area contributed by atoms with Gasteiger partial charge in [0.2, 0.25) is 0 Å². The standard InChI is InChI=1S/C24H33ClN2O2/c1-3-22(27-15-16-5-6-16)24(4-2)10-7-18(8-11-24)29-21-13-17-9-12-26-23(28)19(17)14-20(21)25/h9,12-14,16,18,22,27H,3-8,10-11,15H2,1-2H3,(H,26,28)/t18?,22-,24?/m1/s1. The second-order valence-electron chi connectivity index (χ2n) is 9.02. The third kappa shape index (κ3) is 4.49. The highest BCUT2D eigenvalue weighted by molar-refractivity contribution is 6.32. The molecule has 2 aromatic rings. The first-order chi connectivity index (χ1) is 14.0. The maximum absolute atomic E-state index is 12.0. The lowest BCUT2D eigenvalue weighted by atomic mass is 9.66. The number of ether oxygens (including phenoxy) is 1. The summed E-state index contributed by atoms with van der Waals surface area (Å²) >= 11 is 6.44. The van der Waals surface area contributed by atoms with E-state index in [4.69, 9.17) is 16.3 Å². The van der Waals surface area contributed by atoms with Gasteiger partial charge in [-0.05, 0) is 92.8 Å². The van der Waals surface area contributed by atoms with Gasteiger partial charge in [0.25, 0.3) is 5.56 Å². The Kier molecular flexibility index (Phi) is 6.21. The average Bonchev–Trinajstić information content (AvgIpc) is 3.55. The number of nitrogens with one attached hydrogen (secondary N) is 2. The molecule has 1 aromatic carbocycles. The van der Waals surface area contributed by atoms with Crippen molar-refractivity contribution in [3.05, 3.63) is 39.8 Å².